The van der Waals surface area contributed by atoms with Gasteiger partial charge in [-0.05, 0) is 114 Å². The van der Waals surface area contributed by atoms with Gasteiger partial charge in [-0.15, -0.1) is 11.3 Å². The topological polar surface area (TPSA) is 34.0 Å². The van der Waals surface area contributed by atoms with Gasteiger partial charge in [-0.25, -0.2) is 9.97 Å². The summed E-state index contributed by atoms with van der Waals surface area (Å²) in [5.41, 5.74) is 21.6. The van der Waals surface area contributed by atoms with Crippen molar-refractivity contribution in [3.05, 3.63) is 313 Å². The van der Waals surface area contributed by atoms with Crippen LogP contribution in [-0.4, -0.2) is 14.5 Å². The smallest absolute Gasteiger partial charge is 0.235 e. The Labute approximate surface area is 489 Å². The highest BCUT2D eigenvalue weighted by molar-refractivity contribution is 7.27. The fourth-order valence-electron chi connectivity index (χ4n) is 14.5. The summed E-state index contributed by atoms with van der Waals surface area (Å²) in [6, 6.07) is 107. The van der Waals surface area contributed by atoms with Crippen LogP contribution in [0.15, 0.2) is 291 Å². The lowest BCUT2D eigenvalue weighted by Gasteiger charge is -2.32. The third-order valence-electron chi connectivity index (χ3n) is 18.0. The first-order chi connectivity index (χ1) is 41.7. The molecular weight excluding hydrogens is 1040 g/mol. The second-order valence-electron chi connectivity index (χ2n) is 22.3. The highest BCUT2D eigenvalue weighted by atomic mass is 32.1. The van der Waals surface area contributed by atoms with Crippen LogP contribution in [0.5, 0.6) is 0 Å². The molecule has 0 saturated heterocycles. The molecule has 0 N–H and O–H groups in total. The molecule has 5 heteroatoms. The SMILES string of the molecule is c1ccc(-c2ccc(N(c3ccc4c(c3)C3(c5ccccc5-c5ccccc53)c3ccccc3-4)c3cccc4c3sc3c4c4ccccc4c4c3c3c5ccccc5ccc3n4-c3nc(-c4ccccc4)cc(-c4ccccc4)n3)cc2)cc1. The molecule has 18 rings (SSSR count). The summed E-state index contributed by atoms with van der Waals surface area (Å²) in [5, 5.41) is 9.57. The molecule has 2 aliphatic carbocycles. The van der Waals surface area contributed by atoms with E-state index >= 15 is 0 Å². The largest absolute Gasteiger partial charge is 0.309 e. The Bertz CT molecular complexity index is 5250. The molecular formula is C79H48N4S. The van der Waals surface area contributed by atoms with Gasteiger partial charge in [0.2, 0.25) is 5.95 Å². The standard InChI is InChI=1S/C79H48N4S/c1-4-21-49(22-5-1)50-39-42-54(43-40-50)82(55-44-45-60-59-31-16-19-37-66(59)79(67(60)47-55)64-35-17-14-29-57(64)58-30-15-18-36-65(58)79)71-38-20-34-63-72-61-32-12-13-33-62(61)75-74(77(72)84-76(63)71)73-56-28-11-10-23-51(56)41-46-70(73)83(75)78-80-68(52-24-6-2-7-25-52)48-69(81-78)53-26-8-3-9-27-53/h1-48H. The Kier molecular flexibility index (Phi) is 10.1. The van der Waals surface area contributed by atoms with Gasteiger partial charge < -0.3 is 4.90 Å². The molecule has 0 unspecified atom stereocenters. The molecule has 84 heavy (non-hydrogen) atoms. The molecule has 0 saturated carbocycles. The first kappa shape index (κ1) is 47.0. The van der Waals surface area contributed by atoms with Crippen molar-refractivity contribution in [1.82, 2.24) is 14.5 Å². The van der Waals surface area contributed by atoms with E-state index in [0.29, 0.717) is 5.95 Å². The van der Waals surface area contributed by atoms with Gasteiger partial charge in [0.1, 0.15) is 0 Å². The minimum atomic E-state index is -0.505. The van der Waals surface area contributed by atoms with Crippen molar-refractivity contribution < 1.29 is 0 Å². The summed E-state index contributed by atoms with van der Waals surface area (Å²) in [7, 11) is 0. The number of fused-ring (bicyclic) bond motifs is 22. The van der Waals surface area contributed by atoms with Crippen LogP contribution in [0.3, 0.4) is 0 Å². The van der Waals surface area contributed by atoms with Crippen LogP contribution >= 0.6 is 11.3 Å². The minimum Gasteiger partial charge on any atom is -0.309 e. The maximum atomic E-state index is 5.55. The van der Waals surface area contributed by atoms with E-state index in [1.165, 1.54) is 103 Å². The Morgan fingerprint density at radius 2 is 0.845 bits per heavy atom. The maximum absolute atomic E-state index is 5.55. The fourth-order valence-corrected chi connectivity index (χ4v) is 15.9. The lowest BCUT2D eigenvalue weighted by molar-refractivity contribution is 0.793. The summed E-state index contributed by atoms with van der Waals surface area (Å²) in [5.74, 6) is 0.631. The minimum absolute atomic E-state index is 0.505. The van der Waals surface area contributed by atoms with Crippen LogP contribution < -0.4 is 4.90 Å². The zero-order valence-corrected chi connectivity index (χ0v) is 46.2. The van der Waals surface area contributed by atoms with Gasteiger partial charge in [-0.3, -0.25) is 4.57 Å². The molecule has 2 aliphatic rings. The molecule has 13 aromatic carbocycles. The van der Waals surface area contributed by atoms with Gasteiger partial charge in [0, 0.05) is 54.1 Å². The van der Waals surface area contributed by atoms with Crippen molar-refractivity contribution >= 4 is 91.9 Å². The number of anilines is 3. The molecule has 0 radical (unpaired) electrons. The molecule has 3 aromatic heterocycles. The summed E-state index contributed by atoms with van der Waals surface area (Å²) >= 11 is 1.90. The van der Waals surface area contributed by atoms with Crippen LogP contribution in [0.2, 0.25) is 0 Å². The normalized spacial score (nSPS) is 12.9. The Morgan fingerprint density at radius 3 is 1.49 bits per heavy atom. The molecule has 0 atom stereocenters. The number of nitrogens with zero attached hydrogens (tertiary/aromatic N) is 4. The van der Waals surface area contributed by atoms with Crippen molar-refractivity contribution in [3.63, 3.8) is 0 Å². The molecule has 4 nitrogen and oxygen atoms in total. The Morgan fingerprint density at radius 1 is 0.333 bits per heavy atom. The number of benzene rings is 13. The third-order valence-corrected chi connectivity index (χ3v) is 19.2. The van der Waals surface area contributed by atoms with Crippen molar-refractivity contribution in [3.8, 4) is 61.8 Å². The van der Waals surface area contributed by atoms with Crippen molar-refractivity contribution in [2.45, 2.75) is 5.41 Å². The average molecular weight is 1090 g/mol. The summed E-state index contributed by atoms with van der Waals surface area (Å²) < 4.78 is 4.80. The molecule has 16 aromatic rings. The van der Waals surface area contributed by atoms with Gasteiger partial charge in [0.15, 0.2) is 0 Å². The second kappa shape index (κ2) is 18.1. The second-order valence-corrected chi connectivity index (χ2v) is 23.3. The van der Waals surface area contributed by atoms with Gasteiger partial charge in [-0.2, -0.15) is 0 Å². The molecule has 3 heterocycles. The van der Waals surface area contributed by atoms with Crippen molar-refractivity contribution in [2.24, 2.45) is 0 Å². The van der Waals surface area contributed by atoms with Crippen LogP contribution in [-0.2, 0) is 5.41 Å². The van der Waals surface area contributed by atoms with Gasteiger partial charge in [0.25, 0.3) is 0 Å². The fraction of sp³-hybridized carbons (Fsp3) is 0.0127. The van der Waals surface area contributed by atoms with E-state index in [0.717, 1.165) is 56.0 Å². The molecule has 0 fully saturated rings. The number of hydrogen-bond donors (Lipinski definition) is 0. The van der Waals surface area contributed by atoms with E-state index in [1.807, 2.05) is 11.3 Å². The first-order valence-electron chi connectivity index (χ1n) is 28.8. The summed E-state index contributed by atoms with van der Waals surface area (Å²) in [6.07, 6.45) is 0. The predicted molar refractivity (Wildman–Crippen MR) is 352 cm³/mol. The maximum Gasteiger partial charge on any atom is 0.235 e. The Hall–Kier alpha value is -10.7. The molecule has 390 valence electrons. The lowest BCUT2D eigenvalue weighted by atomic mass is 9.70. The number of rotatable bonds is 7. The van der Waals surface area contributed by atoms with E-state index < -0.39 is 5.41 Å². The highest BCUT2D eigenvalue weighted by Gasteiger charge is 2.51. The molecule has 0 amide bonds. The number of thiophene rings is 1. The van der Waals surface area contributed by atoms with Gasteiger partial charge in [-0.1, -0.05) is 249 Å². The van der Waals surface area contributed by atoms with E-state index in [-0.39, 0.29) is 0 Å². The Balaban J connectivity index is 0.939. The van der Waals surface area contributed by atoms with Gasteiger partial charge >= 0.3 is 0 Å². The van der Waals surface area contributed by atoms with E-state index in [1.54, 1.807) is 0 Å². The molecule has 0 bridgehead atoms. The number of hydrogen-bond acceptors (Lipinski definition) is 4. The quantitative estimate of drug-likeness (QED) is 0.159. The number of aromatic nitrogens is 3. The first-order valence-corrected chi connectivity index (χ1v) is 29.6. The van der Waals surface area contributed by atoms with E-state index in [4.69, 9.17) is 9.97 Å². The third kappa shape index (κ3) is 6.64. The van der Waals surface area contributed by atoms with Crippen molar-refractivity contribution in [1.29, 1.82) is 0 Å². The predicted octanol–water partition coefficient (Wildman–Crippen LogP) is 21.1. The zero-order chi connectivity index (χ0) is 55.0. The monoisotopic (exact) mass is 1080 g/mol. The van der Waals surface area contributed by atoms with Crippen LogP contribution in [0, 0.1) is 0 Å². The summed E-state index contributed by atoms with van der Waals surface area (Å²) in [4.78, 5) is 13.6. The van der Waals surface area contributed by atoms with Crippen LogP contribution in [0.25, 0.3) is 125 Å². The van der Waals surface area contributed by atoms with Crippen LogP contribution in [0.4, 0.5) is 17.1 Å². The van der Waals surface area contributed by atoms with E-state index in [2.05, 4.69) is 301 Å². The molecule has 1 spiro atoms. The van der Waals surface area contributed by atoms with E-state index in [9.17, 15) is 0 Å². The average Bonchev–Trinajstić information content (AvgIpc) is 1.57. The van der Waals surface area contributed by atoms with Crippen LogP contribution in [0.1, 0.15) is 22.3 Å². The zero-order valence-electron chi connectivity index (χ0n) is 45.4. The van der Waals surface area contributed by atoms with Gasteiger partial charge in [0.05, 0.1) is 38.2 Å². The highest BCUT2D eigenvalue weighted by Crippen LogP contribution is 2.64. The lowest BCUT2D eigenvalue weighted by Crippen LogP contribution is -2.26. The summed E-state index contributed by atoms with van der Waals surface area (Å²) in [6.45, 7) is 0. The van der Waals surface area contributed by atoms with Crippen molar-refractivity contribution in [2.75, 3.05) is 4.90 Å². The molecule has 0 aliphatic heterocycles.